The third-order valence-corrected chi connectivity index (χ3v) is 19.2. The van der Waals surface area contributed by atoms with Gasteiger partial charge in [0.05, 0.1) is 0 Å². The van der Waals surface area contributed by atoms with Gasteiger partial charge in [-0.25, -0.2) is 0 Å². The van der Waals surface area contributed by atoms with Crippen molar-refractivity contribution >= 4 is 37.1 Å². The maximum absolute atomic E-state index is 6.24. The summed E-state index contributed by atoms with van der Waals surface area (Å²) in [5.74, 6) is 1.52. The lowest BCUT2D eigenvalue weighted by atomic mass is 10.1. The highest BCUT2D eigenvalue weighted by Gasteiger charge is 2.41. The van der Waals surface area contributed by atoms with Crippen molar-refractivity contribution in [3.8, 4) is 11.5 Å². The fourth-order valence-electron chi connectivity index (χ4n) is 6.29. The Bertz CT molecular complexity index is 1210. The first-order valence-corrected chi connectivity index (χ1v) is 33.5. The van der Waals surface area contributed by atoms with E-state index < -0.39 is 25.7 Å². The van der Waals surface area contributed by atoms with E-state index in [4.69, 9.17) is 77.2 Å². The highest BCUT2D eigenvalue weighted by molar-refractivity contribution is 6.84. The maximum atomic E-state index is 6.24. The minimum Gasteiger partial charge on any atom is -0.457 e. The predicted octanol–water partition coefficient (Wildman–Crippen LogP) is 8.58. The Kier molecular flexibility index (Phi) is 45.5. The molecule has 15 nitrogen and oxygen atoms in total. The predicted molar refractivity (Wildman–Crippen MR) is 287 cm³/mol. The van der Waals surface area contributed by atoms with E-state index in [-0.39, 0.29) is 0 Å². The first-order valence-electron chi connectivity index (χ1n) is 25.0. The van der Waals surface area contributed by atoms with E-state index in [9.17, 15) is 0 Å². The van der Waals surface area contributed by atoms with Crippen molar-refractivity contribution in [2.24, 2.45) is 34.4 Å². The zero-order valence-corrected chi connectivity index (χ0v) is 45.8. The Hall–Kier alpha value is -1.99. The summed E-state index contributed by atoms with van der Waals surface area (Å²) in [5, 5.41) is 0. The molecule has 66 heavy (non-hydrogen) atoms. The number of ether oxygens (including phenoxy) is 3. The smallest absolute Gasteiger partial charge is 0.322 e. The second-order valence-electron chi connectivity index (χ2n) is 17.7. The average molecular weight is 988 g/mol. The summed E-state index contributed by atoms with van der Waals surface area (Å²) < 4.78 is 40.7. The van der Waals surface area contributed by atoms with Crippen LogP contribution in [0.15, 0.2) is 48.5 Å². The molecule has 2 aromatic rings. The van der Waals surface area contributed by atoms with Gasteiger partial charge in [-0.1, -0.05) is 51.4 Å². The Labute approximate surface area is 406 Å². The fourth-order valence-corrected chi connectivity index (χ4v) is 18.0. The fraction of sp³-hybridized carbons (Fsp3) is 0.750. The molecular weight excluding hydrogens is 885 g/mol. The van der Waals surface area contributed by atoms with Crippen LogP contribution in [0, 0.1) is 0 Å². The van der Waals surface area contributed by atoms with Gasteiger partial charge in [-0.15, -0.1) is 0 Å². The monoisotopic (exact) mass is 987 g/mol. The lowest BCUT2D eigenvalue weighted by Crippen LogP contribution is -2.54. The molecule has 0 aliphatic carbocycles. The molecule has 0 bridgehead atoms. The highest BCUT2D eigenvalue weighted by atomic mass is 28.5. The summed E-state index contributed by atoms with van der Waals surface area (Å²) in [6.07, 6.45) is 21.6. The molecular formula is C48H102N8O7Si3. The van der Waals surface area contributed by atoms with Gasteiger partial charge in [0, 0.05) is 51.0 Å². The molecule has 0 radical (unpaired) electrons. The van der Waals surface area contributed by atoms with Crippen LogP contribution in [0.5, 0.6) is 11.5 Å². The zero-order valence-electron chi connectivity index (χ0n) is 42.8. The number of nitrogens with two attached hydrogens (primary N) is 8. The third kappa shape index (κ3) is 47.1. The number of hydrogen-bond donors (Lipinski definition) is 8. The van der Waals surface area contributed by atoms with Gasteiger partial charge >= 0.3 is 25.7 Å². The largest absolute Gasteiger partial charge is 0.457 e. The number of benzene rings is 2. The molecule has 0 aliphatic rings. The molecule has 0 saturated heterocycles. The topological polar surface area (TPSA) is 273 Å². The van der Waals surface area contributed by atoms with Crippen molar-refractivity contribution in [1.29, 1.82) is 0 Å². The minimum atomic E-state index is -2.28. The first kappa shape index (κ1) is 66.1. The second-order valence-corrected chi connectivity index (χ2v) is 28.3. The van der Waals surface area contributed by atoms with Gasteiger partial charge in [-0.2, -0.15) is 0 Å². The van der Waals surface area contributed by atoms with E-state index in [0.717, 1.165) is 127 Å². The molecule has 16 N–H and O–H groups in total. The summed E-state index contributed by atoms with van der Waals surface area (Å²) in [4.78, 5) is 0. The standard InChI is InChI=1S/C12H34N2O4Si3.C12H28N2O2.C12H12N2O.C12H28N2/c1-19(2,15-11-7-9-13)17-21(5,6)18-20(3,4)16-12-8-10-14;13-7-1-3-9-15-11-5-6-12-16-10-4-2-8-14;13-9-1-5-11(6-2-9)15-12-7-3-10(14)4-8-12;13-11-9-7-5-3-1-2-4-6-8-10-12-14/h7-14H2,1-6H3;1-14H2;1-8H,13-14H2;1-14H2. The van der Waals surface area contributed by atoms with Crippen molar-refractivity contribution in [2.45, 2.75) is 155 Å². The lowest BCUT2D eigenvalue weighted by Gasteiger charge is -2.37. The van der Waals surface area contributed by atoms with Gasteiger partial charge in [-0.05, 0) is 191 Å². The van der Waals surface area contributed by atoms with Gasteiger partial charge < -0.3 is 77.2 Å². The molecule has 0 spiro atoms. The lowest BCUT2D eigenvalue weighted by molar-refractivity contribution is 0.0999. The van der Waals surface area contributed by atoms with E-state index in [1.165, 1.54) is 64.2 Å². The number of unbranched alkanes of at least 4 members (excludes halogenated alkanes) is 12. The van der Waals surface area contributed by atoms with Gasteiger partial charge in [0.2, 0.25) is 0 Å². The molecule has 2 rings (SSSR count). The van der Waals surface area contributed by atoms with Crippen molar-refractivity contribution in [3.63, 3.8) is 0 Å². The van der Waals surface area contributed by atoms with Crippen LogP contribution in [0.25, 0.3) is 0 Å². The van der Waals surface area contributed by atoms with Crippen LogP contribution in [0.2, 0.25) is 39.3 Å². The Morgan fingerprint density at radius 3 is 0.864 bits per heavy atom. The minimum absolute atomic E-state index is 0.636. The number of hydrogen-bond acceptors (Lipinski definition) is 15. The number of rotatable bonds is 38. The average Bonchev–Trinajstić information content (AvgIpc) is 3.26. The zero-order chi connectivity index (χ0) is 49.6. The van der Waals surface area contributed by atoms with Crippen molar-refractivity contribution in [1.82, 2.24) is 0 Å². The van der Waals surface area contributed by atoms with Crippen LogP contribution < -0.4 is 50.6 Å². The summed E-state index contributed by atoms with van der Waals surface area (Å²) in [5.41, 5.74) is 45.2. The SMILES string of the molecule is C[Si](C)(OCCCN)O[Si](C)(C)O[Si](C)(C)OCCCN.NCCCCCCCCCCCCN.NCCCCOCCCCOCCCCN.Nc1ccc(Oc2ccc(N)cc2)cc1. The summed E-state index contributed by atoms with van der Waals surface area (Å²) >= 11 is 0. The Morgan fingerprint density at radius 2 is 0.576 bits per heavy atom. The molecule has 0 unspecified atom stereocenters. The molecule has 2 aromatic carbocycles. The molecule has 0 aromatic heterocycles. The highest BCUT2D eigenvalue weighted by Crippen LogP contribution is 2.24. The van der Waals surface area contributed by atoms with Gasteiger partial charge in [0.1, 0.15) is 11.5 Å². The van der Waals surface area contributed by atoms with Crippen molar-refractivity contribution in [3.05, 3.63) is 48.5 Å². The third-order valence-electron chi connectivity index (χ3n) is 9.55. The first-order chi connectivity index (χ1) is 31.6. The normalized spacial score (nSPS) is 11.5. The molecule has 18 heteroatoms. The quantitative estimate of drug-likeness (QED) is 0.0178. The molecule has 0 atom stereocenters. The van der Waals surface area contributed by atoms with Crippen LogP contribution in [0.3, 0.4) is 0 Å². The van der Waals surface area contributed by atoms with Crippen LogP contribution in [0.4, 0.5) is 11.4 Å². The molecule has 0 amide bonds. The molecule has 0 fully saturated rings. The van der Waals surface area contributed by atoms with Gasteiger partial charge in [-0.3, -0.25) is 0 Å². The molecule has 388 valence electrons. The molecule has 0 saturated carbocycles. The van der Waals surface area contributed by atoms with Crippen molar-refractivity contribution in [2.75, 3.05) is 90.4 Å². The van der Waals surface area contributed by atoms with Crippen LogP contribution in [0.1, 0.15) is 116 Å². The van der Waals surface area contributed by atoms with E-state index >= 15 is 0 Å². The van der Waals surface area contributed by atoms with Crippen LogP contribution >= 0.6 is 0 Å². The van der Waals surface area contributed by atoms with Gasteiger partial charge in [0.25, 0.3) is 0 Å². The molecule has 0 aliphatic heterocycles. The second kappa shape index (κ2) is 45.5. The number of anilines is 2. The number of nitrogen functional groups attached to an aromatic ring is 2. The van der Waals surface area contributed by atoms with Crippen LogP contribution in [-0.4, -0.2) is 105 Å². The summed E-state index contributed by atoms with van der Waals surface area (Å²) in [6, 6.07) is 14.5. The van der Waals surface area contributed by atoms with E-state index in [1.807, 2.05) is 50.5 Å². The Morgan fingerprint density at radius 1 is 0.318 bits per heavy atom. The van der Waals surface area contributed by atoms with E-state index in [2.05, 4.69) is 13.1 Å². The van der Waals surface area contributed by atoms with Crippen LogP contribution in [-0.2, 0) is 26.6 Å². The summed E-state index contributed by atoms with van der Waals surface area (Å²) in [7, 11) is -6.66. The Balaban J connectivity index is 0. The van der Waals surface area contributed by atoms with E-state index in [0.29, 0.717) is 26.3 Å². The van der Waals surface area contributed by atoms with E-state index in [1.54, 1.807) is 24.3 Å². The van der Waals surface area contributed by atoms with Gasteiger partial charge in [0.15, 0.2) is 0 Å². The van der Waals surface area contributed by atoms with Crippen molar-refractivity contribution < 1.29 is 31.3 Å². The maximum Gasteiger partial charge on any atom is 0.322 e. The molecule has 0 heterocycles. The summed E-state index contributed by atoms with van der Waals surface area (Å²) in [6.45, 7) is 21.5.